The molecule has 1 amide bonds. The first-order chi connectivity index (χ1) is 12.4. The number of aromatic hydroxyl groups is 1. The fraction of sp³-hybridized carbons (Fsp3) is 0.529. The first kappa shape index (κ1) is 18.0. The third-order valence-electron chi connectivity index (χ3n) is 3.99. The van der Waals surface area contributed by atoms with Gasteiger partial charge < -0.3 is 15.3 Å². The molecule has 2 N–H and O–H groups in total. The van der Waals surface area contributed by atoms with Crippen molar-refractivity contribution in [3.63, 3.8) is 0 Å². The van der Waals surface area contributed by atoms with E-state index in [2.05, 4.69) is 15.6 Å². The van der Waals surface area contributed by atoms with Crippen LogP contribution in [0, 0.1) is 5.92 Å². The molecular formula is C17H23N5O4. The predicted molar refractivity (Wildman–Crippen MR) is 95.7 cm³/mol. The summed E-state index contributed by atoms with van der Waals surface area (Å²) in [5.74, 6) is -0.902. The third kappa shape index (κ3) is 3.42. The van der Waals surface area contributed by atoms with Crippen LogP contribution in [0.5, 0.6) is 5.88 Å². The Labute approximate surface area is 150 Å². The summed E-state index contributed by atoms with van der Waals surface area (Å²) in [7, 11) is 0. The first-order valence-corrected chi connectivity index (χ1v) is 8.73. The minimum Gasteiger partial charge on any atom is -0.492 e. The van der Waals surface area contributed by atoms with Crippen LogP contribution < -0.4 is 10.9 Å². The molecule has 9 nitrogen and oxygen atoms in total. The van der Waals surface area contributed by atoms with E-state index in [4.69, 9.17) is 4.84 Å². The molecule has 1 saturated carbocycles. The highest BCUT2D eigenvalue weighted by atomic mass is 16.6. The van der Waals surface area contributed by atoms with Crippen molar-refractivity contribution in [2.75, 3.05) is 6.61 Å². The Morgan fingerprint density at radius 2 is 2.27 bits per heavy atom. The molecule has 1 aliphatic carbocycles. The standard InChI is InChI=1S/C17H23N5O4/c1-4-26-19-8-11-7-18-22-15(11)21(9-10(2)3)16(24)13(17(22)25)14(23)20-12-5-6-12/h7-8,10,12,25H,4-6,9H2,1-3H3,(H,20,23). The Balaban J connectivity index is 2.18. The van der Waals surface area contributed by atoms with Gasteiger partial charge in [-0.2, -0.15) is 9.61 Å². The molecule has 2 aromatic rings. The van der Waals surface area contributed by atoms with Gasteiger partial charge in [-0.3, -0.25) is 14.2 Å². The number of carbonyl (C=O) groups is 1. The van der Waals surface area contributed by atoms with Crippen LogP contribution in [-0.4, -0.2) is 44.1 Å². The monoisotopic (exact) mass is 361 g/mol. The van der Waals surface area contributed by atoms with Crippen LogP contribution in [0.4, 0.5) is 0 Å². The molecule has 0 bridgehead atoms. The lowest BCUT2D eigenvalue weighted by Crippen LogP contribution is -2.36. The average molecular weight is 361 g/mol. The van der Waals surface area contributed by atoms with Crippen LogP contribution in [0.3, 0.4) is 0 Å². The topological polar surface area (TPSA) is 110 Å². The van der Waals surface area contributed by atoms with Gasteiger partial charge in [-0.1, -0.05) is 19.0 Å². The maximum Gasteiger partial charge on any atom is 0.270 e. The Bertz CT molecular complexity index is 908. The van der Waals surface area contributed by atoms with Crippen LogP contribution >= 0.6 is 0 Å². The van der Waals surface area contributed by atoms with E-state index >= 15 is 0 Å². The van der Waals surface area contributed by atoms with Crippen molar-refractivity contribution >= 4 is 17.8 Å². The molecule has 0 aliphatic heterocycles. The number of hydrogen-bond donors (Lipinski definition) is 2. The molecular weight excluding hydrogens is 338 g/mol. The summed E-state index contributed by atoms with van der Waals surface area (Å²) in [4.78, 5) is 30.4. The molecule has 140 valence electrons. The van der Waals surface area contributed by atoms with Crippen molar-refractivity contribution in [1.82, 2.24) is 19.5 Å². The second-order valence-electron chi connectivity index (χ2n) is 6.74. The van der Waals surface area contributed by atoms with Gasteiger partial charge in [-0.05, 0) is 25.7 Å². The Hall–Kier alpha value is -2.84. The minimum absolute atomic E-state index is 0.0713. The summed E-state index contributed by atoms with van der Waals surface area (Å²) in [6.07, 6.45) is 4.67. The molecule has 0 radical (unpaired) electrons. The molecule has 1 fully saturated rings. The quantitative estimate of drug-likeness (QED) is 0.567. The van der Waals surface area contributed by atoms with Gasteiger partial charge in [0.1, 0.15) is 6.61 Å². The highest BCUT2D eigenvalue weighted by molar-refractivity contribution is 5.97. The average Bonchev–Trinajstić information content (AvgIpc) is 3.28. The van der Waals surface area contributed by atoms with Gasteiger partial charge in [-0.25, -0.2) is 0 Å². The van der Waals surface area contributed by atoms with Crippen LogP contribution in [0.25, 0.3) is 5.65 Å². The molecule has 0 spiro atoms. The molecule has 3 rings (SSSR count). The van der Waals surface area contributed by atoms with Gasteiger partial charge in [0.15, 0.2) is 11.2 Å². The number of carbonyl (C=O) groups excluding carboxylic acids is 1. The van der Waals surface area contributed by atoms with E-state index in [1.807, 2.05) is 13.8 Å². The number of amides is 1. The summed E-state index contributed by atoms with van der Waals surface area (Å²) in [5.41, 5.74) is 0.0446. The lowest BCUT2D eigenvalue weighted by Gasteiger charge is -2.15. The van der Waals surface area contributed by atoms with Gasteiger partial charge in [0.05, 0.1) is 18.0 Å². The van der Waals surface area contributed by atoms with E-state index in [1.165, 1.54) is 21.5 Å². The Morgan fingerprint density at radius 3 is 2.88 bits per heavy atom. The van der Waals surface area contributed by atoms with Crippen molar-refractivity contribution in [3.8, 4) is 5.88 Å². The zero-order valence-corrected chi connectivity index (χ0v) is 15.1. The maximum absolute atomic E-state index is 13.0. The second-order valence-corrected chi connectivity index (χ2v) is 6.74. The first-order valence-electron chi connectivity index (χ1n) is 8.73. The second kappa shape index (κ2) is 7.19. The van der Waals surface area contributed by atoms with E-state index in [1.54, 1.807) is 6.92 Å². The van der Waals surface area contributed by atoms with Gasteiger partial charge in [0.2, 0.25) is 5.88 Å². The summed E-state index contributed by atoms with van der Waals surface area (Å²) in [6.45, 7) is 6.51. The van der Waals surface area contributed by atoms with Gasteiger partial charge >= 0.3 is 0 Å². The molecule has 1 aliphatic rings. The maximum atomic E-state index is 13.0. The van der Waals surface area contributed by atoms with E-state index in [-0.39, 0.29) is 17.5 Å². The molecule has 2 heterocycles. The summed E-state index contributed by atoms with van der Waals surface area (Å²) in [6, 6.07) is 0.0713. The van der Waals surface area contributed by atoms with Crippen molar-refractivity contribution < 1.29 is 14.7 Å². The molecule has 2 aromatic heterocycles. The molecule has 9 heteroatoms. The highest BCUT2D eigenvalue weighted by Gasteiger charge is 2.29. The van der Waals surface area contributed by atoms with Crippen molar-refractivity contribution in [3.05, 3.63) is 27.7 Å². The largest absolute Gasteiger partial charge is 0.492 e. The number of rotatable bonds is 7. The molecule has 0 atom stereocenters. The predicted octanol–water partition coefficient (Wildman–Crippen LogP) is 1.12. The van der Waals surface area contributed by atoms with E-state index < -0.39 is 17.3 Å². The summed E-state index contributed by atoms with van der Waals surface area (Å²) >= 11 is 0. The summed E-state index contributed by atoms with van der Waals surface area (Å²) in [5, 5.41) is 21.2. The molecule has 0 saturated heterocycles. The van der Waals surface area contributed by atoms with Crippen molar-refractivity contribution in [2.24, 2.45) is 11.1 Å². The van der Waals surface area contributed by atoms with E-state index in [0.717, 1.165) is 12.8 Å². The number of hydrogen-bond acceptors (Lipinski definition) is 6. The third-order valence-corrected chi connectivity index (χ3v) is 3.99. The van der Waals surface area contributed by atoms with Gasteiger partial charge in [0.25, 0.3) is 11.5 Å². The molecule has 0 unspecified atom stereocenters. The van der Waals surface area contributed by atoms with Crippen molar-refractivity contribution in [2.45, 2.75) is 46.2 Å². The zero-order chi connectivity index (χ0) is 18.8. The van der Waals surface area contributed by atoms with Crippen LogP contribution in [0.2, 0.25) is 0 Å². The fourth-order valence-corrected chi connectivity index (χ4v) is 2.69. The zero-order valence-electron chi connectivity index (χ0n) is 15.1. The van der Waals surface area contributed by atoms with Crippen LogP contribution in [-0.2, 0) is 11.4 Å². The van der Waals surface area contributed by atoms with Crippen molar-refractivity contribution in [1.29, 1.82) is 0 Å². The SMILES string of the molecule is CCON=Cc1cnn2c(O)c(C(=O)NC3CC3)c(=O)n(CC(C)C)c12. The molecule has 26 heavy (non-hydrogen) atoms. The van der Waals surface area contributed by atoms with Crippen LogP contribution in [0.1, 0.15) is 49.5 Å². The van der Waals surface area contributed by atoms with Crippen LogP contribution in [0.15, 0.2) is 16.1 Å². The fourth-order valence-electron chi connectivity index (χ4n) is 2.69. The minimum atomic E-state index is -0.575. The number of fused-ring (bicyclic) bond motifs is 1. The van der Waals surface area contributed by atoms with E-state index in [9.17, 15) is 14.7 Å². The Kier molecular flexibility index (Phi) is 4.97. The number of nitrogens with one attached hydrogen (secondary N) is 1. The lowest BCUT2D eigenvalue weighted by molar-refractivity contribution is 0.0944. The Morgan fingerprint density at radius 1 is 1.54 bits per heavy atom. The van der Waals surface area contributed by atoms with Gasteiger partial charge in [0, 0.05) is 12.6 Å². The smallest absolute Gasteiger partial charge is 0.270 e. The van der Waals surface area contributed by atoms with E-state index in [0.29, 0.717) is 24.4 Å². The number of nitrogens with zero attached hydrogens (tertiary/aromatic N) is 4. The normalized spacial score (nSPS) is 14.5. The molecule has 0 aromatic carbocycles. The highest BCUT2D eigenvalue weighted by Crippen LogP contribution is 2.22. The lowest BCUT2D eigenvalue weighted by atomic mass is 10.2. The number of aromatic nitrogens is 3. The van der Waals surface area contributed by atoms with Gasteiger partial charge in [-0.15, -0.1) is 0 Å². The number of oxime groups is 1. The summed E-state index contributed by atoms with van der Waals surface area (Å²) < 4.78 is 2.64.